The molecule has 1 amide bonds. The van der Waals surface area contributed by atoms with Gasteiger partial charge in [0.1, 0.15) is 0 Å². The number of carbonyl (C=O) groups excluding carboxylic acids is 1. The van der Waals surface area contributed by atoms with Gasteiger partial charge in [0.2, 0.25) is 0 Å². The number of halogens is 2. The molecule has 0 N–H and O–H groups in total. The predicted octanol–water partition coefficient (Wildman–Crippen LogP) is 3.38. The molecular formula is C13H15ClINO. The maximum absolute atomic E-state index is 12.4. The Morgan fingerprint density at radius 2 is 2.24 bits per heavy atom. The fourth-order valence-electron chi connectivity index (χ4n) is 2.29. The molecule has 17 heavy (non-hydrogen) atoms. The van der Waals surface area contributed by atoms with Crippen LogP contribution in [0.25, 0.3) is 0 Å². The molecule has 0 aliphatic carbocycles. The first kappa shape index (κ1) is 13.1. The average Bonchev–Trinajstić information content (AvgIpc) is 2.70. The van der Waals surface area contributed by atoms with Crippen molar-refractivity contribution >= 4 is 40.1 Å². The molecule has 4 heteroatoms. The van der Waals surface area contributed by atoms with Crippen molar-refractivity contribution in [2.45, 2.75) is 19.4 Å². The van der Waals surface area contributed by atoms with E-state index in [-0.39, 0.29) is 11.9 Å². The van der Waals surface area contributed by atoms with Gasteiger partial charge in [-0.1, -0.05) is 19.1 Å². The Morgan fingerprint density at radius 3 is 2.88 bits per heavy atom. The monoisotopic (exact) mass is 363 g/mol. The van der Waals surface area contributed by atoms with Gasteiger partial charge in [-0.15, -0.1) is 11.6 Å². The van der Waals surface area contributed by atoms with Crippen molar-refractivity contribution in [3.8, 4) is 0 Å². The first-order chi connectivity index (χ1) is 8.15. The Labute approximate surface area is 120 Å². The molecule has 2 nitrogen and oxygen atoms in total. The van der Waals surface area contributed by atoms with E-state index < -0.39 is 0 Å². The lowest BCUT2D eigenvalue weighted by Crippen LogP contribution is -2.39. The van der Waals surface area contributed by atoms with Gasteiger partial charge in [-0.25, -0.2) is 0 Å². The van der Waals surface area contributed by atoms with Crippen molar-refractivity contribution in [1.29, 1.82) is 0 Å². The third kappa shape index (κ3) is 2.60. The minimum atomic E-state index is 0.116. The number of hydrogen-bond donors (Lipinski definition) is 0. The smallest absolute Gasteiger partial charge is 0.255 e. The van der Waals surface area contributed by atoms with Gasteiger partial charge in [-0.2, -0.15) is 0 Å². The highest BCUT2D eigenvalue weighted by Gasteiger charge is 2.34. The molecule has 1 saturated heterocycles. The number of hydrogen-bond acceptors (Lipinski definition) is 1. The average molecular weight is 364 g/mol. The fraction of sp³-hybridized carbons (Fsp3) is 0.462. The summed E-state index contributed by atoms with van der Waals surface area (Å²) in [5, 5.41) is 0. The number of rotatable bonds is 2. The Kier molecular flexibility index (Phi) is 4.31. The summed E-state index contributed by atoms with van der Waals surface area (Å²) in [5.74, 6) is 1.14. The van der Waals surface area contributed by atoms with Crippen LogP contribution in [0.1, 0.15) is 23.7 Å². The fourth-order valence-corrected chi connectivity index (χ4v) is 3.37. The summed E-state index contributed by atoms with van der Waals surface area (Å²) in [7, 11) is 0. The van der Waals surface area contributed by atoms with Gasteiger partial charge >= 0.3 is 0 Å². The second kappa shape index (κ2) is 5.57. The van der Waals surface area contributed by atoms with Crippen LogP contribution in [-0.4, -0.2) is 29.3 Å². The van der Waals surface area contributed by atoms with Gasteiger partial charge in [0.15, 0.2) is 0 Å². The molecule has 0 radical (unpaired) electrons. The summed E-state index contributed by atoms with van der Waals surface area (Å²) < 4.78 is 1.00. The number of benzene rings is 1. The molecule has 1 aliphatic rings. The standard InChI is InChI=1S/C13H15ClINO/c1-9-6-7-16(12(9)8-14)13(17)10-4-2-3-5-11(10)15/h2-5,9,12H,6-8H2,1H3. The first-order valence-corrected chi connectivity index (χ1v) is 7.38. The second-order valence-corrected chi connectivity index (χ2v) is 5.94. The van der Waals surface area contributed by atoms with E-state index >= 15 is 0 Å². The zero-order valence-electron chi connectivity index (χ0n) is 9.70. The van der Waals surface area contributed by atoms with E-state index in [2.05, 4.69) is 29.5 Å². The van der Waals surface area contributed by atoms with Crippen LogP contribution in [0, 0.1) is 9.49 Å². The summed E-state index contributed by atoms with van der Waals surface area (Å²) >= 11 is 8.18. The van der Waals surface area contributed by atoms with E-state index in [0.29, 0.717) is 11.8 Å². The Bertz CT molecular complexity index is 424. The molecule has 0 aromatic heterocycles. The van der Waals surface area contributed by atoms with Crippen LogP contribution in [0.5, 0.6) is 0 Å². The van der Waals surface area contributed by atoms with Gasteiger partial charge in [0.05, 0.1) is 5.56 Å². The lowest BCUT2D eigenvalue weighted by atomic mass is 10.0. The van der Waals surface area contributed by atoms with E-state index in [1.54, 1.807) is 0 Å². The van der Waals surface area contributed by atoms with Crippen molar-refractivity contribution in [1.82, 2.24) is 4.90 Å². The maximum Gasteiger partial charge on any atom is 0.255 e. The number of amides is 1. The third-order valence-corrected chi connectivity index (χ3v) is 4.66. The minimum absolute atomic E-state index is 0.116. The van der Waals surface area contributed by atoms with E-state index in [4.69, 9.17) is 11.6 Å². The van der Waals surface area contributed by atoms with Crippen LogP contribution in [0.2, 0.25) is 0 Å². The molecule has 2 atom stereocenters. The molecule has 0 spiro atoms. The topological polar surface area (TPSA) is 20.3 Å². The highest BCUT2D eigenvalue weighted by Crippen LogP contribution is 2.27. The zero-order valence-corrected chi connectivity index (χ0v) is 12.6. The summed E-state index contributed by atoms with van der Waals surface area (Å²) in [6, 6.07) is 7.89. The third-order valence-electron chi connectivity index (χ3n) is 3.41. The van der Waals surface area contributed by atoms with Crippen LogP contribution in [0.4, 0.5) is 0 Å². The number of alkyl halides is 1. The summed E-state index contributed by atoms with van der Waals surface area (Å²) in [5.41, 5.74) is 0.789. The second-order valence-electron chi connectivity index (χ2n) is 4.47. The molecule has 1 heterocycles. The Hall–Kier alpha value is -0.290. The Morgan fingerprint density at radius 1 is 1.53 bits per heavy atom. The summed E-state index contributed by atoms with van der Waals surface area (Å²) in [4.78, 5) is 14.4. The molecule has 2 unspecified atom stereocenters. The molecule has 1 aliphatic heterocycles. The Balaban J connectivity index is 2.24. The van der Waals surface area contributed by atoms with Gasteiger partial charge in [0, 0.05) is 22.0 Å². The summed E-state index contributed by atoms with van der Waals surface area (Å²) in [6.45, 7) is 2.98. The molecule has 0 bridgehead atoms. The van der Waals surface area contributed by atoms with Gasteiger partial charge in [0.25, 0.3) is 5.91 Å². The van der Waals surface area contributed by atoms with Crippen molar-refractivity contribution in [2.75, 3.05) is 12.4 Å². The normalized spacial score (nSPS) is 24.1. The summed E-state index contributed by atoms with van der Waals surface area (Å²) in [6.07, 6.45) is 1.05. The zero-order chi connectivity index (χ0) is 12.4. The van der Waals surface area contributed by atoms with E-state index in [1.807, 2.05) is 29.2 Å². The van der Waals surface area contributed by atoms with Crippen LogP contribution < -0.4 is 0 Å². The number of carbonyl (C=O) groups is 1. The van der Waals surface area contributed by atoms with Crippen LogP contribution in [0.15, 0.2) is 24.3 Å². The molecule has 1 aromatic carbocycles. The van der Waals surface area contributed by atoms with Crippen LogP contribution in [-0.2, 0) is 0 Å². The van der Waals surface area contributed by atoms with Gasteiger partial charge < -0.3 is 4.90 Å². The van der Waals surface area contributed by atoms with Crippen molar-refractivity contribution in [2.24, 2.45) is 5.92 Å². The molecule has 92 valence electrons. The maximum atomic E-state index is 12.4. The first-order valence-electron chi connectivity index (χ1n) is 5.76. The van der Waals surface area contributed by atoms with Crippen LogP contribution >= 0.6 is 34.2 Å². The highest BCUT2D eigenvalue weighted by molar-refractivity contribution is 14.1. The molecule has 1 aromatic rings. The molecular weight excluding hydrogens is 349 g/mol. The lowest BCUT2D eigenvalue weighted by Gasteiger charge is -2.25. The lowest BCUT2D eigenvalue weighted by molar-refractivity contribution is 0.0736. The predicted molar refractivity (Wildman–Crippen MR) is 78.5 cm³/mol. The number of likely N-dealkylation sites (tertiary alicyclic amines) is 1. The van der Waals surface area contributed by atoms with Gasteiger partial charge in [-0.3, -0.25) is 4.79 Å². The molecule has 1 fully saturated rings. The van der Waals surface area contributed by atoms with Crippen molar-refractivity contribution < 1.29 is 4.79 Å². The van der Waals surface area contributed by atoms with E-state index in [1.165, 1.54) is 0 Å². The quantitative estimate of drug-likeness (QED) is 0.583. The number of nitrogens with zero attached hydrogens (tertiary/aromatic N) is 1. The van der Waals surface area contributed by atoms with Crippen LogP contribution in [0.3, 0.4) is 0 Å². The minimum Gasteiger partial charge on any atom is -0.334 e. The molecule has 0 saturated carbocycles. The van der Waals surface area contributed by atoms with Crippen molar-refractivity contribution in [3.63, 3.8) is 0 Å². The SMILES string of the molecule is CC1CCN(C(=O)c2ccccc2I)C1CCl. The van der Waals surface area contributed by atoms with E-state index in [9.17, 15) is 4.79 Å². The van der Waals surface area contributed by atoms with Crippen molar-refractivity contribution in [3.05, 3.63) is 33.4 Å². The largest absolute Gasteiger partial charge is 0.334 e. The van der Waals surface area contributed by atoms with E-state index in [0.717, 1.165) is 22.1 Å². The van der Waals surface area contributed by atoms with Gasteiger partial charge in [-0.05, 0) is 47.1 Å². The highest BCUT2D eigenvalue weighted by atomic mass is 127. The molecule has 2 rings (SSSR count).